The fraction of sp³-hybridized carbons (Fsp3) is 1.00. The van der Waals surface area contributed by atoms with Crippen LogP contribution in [0.2, 0.25) is 0 Å². The molecule has 1 unspecified atom stereocenters. The Morgan fingerprint density at radius 2 is 2.31 bits per heavy atom. The number of rotatable bonds is 5. The van der Waals surface area contributed by atoms with Crippen molar-refractivity contribution in [2.45, 2.75) is 32.8 Å². The van der Waals surface area contributed by atoms with Crippen LogP contribution < -0.4 is 5.32 Å². The summed E-state index contributed by atoms with van der Waals surface area (Å²) in [5, 5.41) is 3.41. The van der Waals surface area contributed by atoms with Gasteiger partial charge < -0.3 is 10.1 Å². The first kappa shape index (κ1) is 11.3. The fourth-order valence-corrected chi connectivity index (χ4v) is 1.52. The van der Waals surface area contributed by atoms with E-state index in [9.17, 15) is 0 Å². The van der Waals surface area contributed by atoms with Crippen molar-refractivity contribution in [1.29, 1.82) is 0 Å². The molecule has 0 aromatic rings. The van der Waals surface area contributed by atoms with Crippen molar-refractivity contribution < 1.29 is 4.74 Å². The molecular weight excluding hydrogens is 186 g/mol. The molecule has 1 saturated heterocycles. The highest BCUT2D eigenvalue weighted by Gasteiger charge is 2.18. The van der Waals surface area contributed by atoms with Gasteiger partial charge in [0, 0.05) is 25.6 Å². The zero-order valence-corrected chi connectivity index (χ0v) is 9.36. The zero-order valence-electron chi connectivity index (χ0n) is 8.61. The Balaban J connectivity index is 2.06. The summed E-state index contributed by atoms with van der Waals surface area (Å²) in [6.45, 7) is 7.22. The van der Waals surface area contributed by atoms with Gasteiger partial charge in [0.2, 0.25) is 0 Å². The Labute approximate surface area is 86.0 Å². The summed E-state index contributed by atoms with van der Waals surface area (Å²) >= 11 is 5.82. The number of hydrogen-bond donors (Lipinski definition) is 1. The molecule has 1 atom stereocenters. The highest BCUT2D eigenvalue weighted by molar-refractivity contribution is 6.18. The third-order valence-electron chi connectivity index (χ3n) is 2.36. The first-order valence-corrected chi connectivity index (χ1v) is 5.56. The summed E-state index contributed by atoms with van der Waals surface area (Å²) < 4.78 is 5.51. The zero-order chi connectivity index (χ0) is 9.73. The van der Waals surface area contributed by atoms with Crippen molar-refractivity contribution in [2.75, 3.05) is 25.6 Å². The lowest BCUT2D eigenvalue weighted by molar-refractivity contribution is 0.108. The summed E-state index contributed by atoms with van der Waals surface area (Å²) in [6.07, 6.45) is 2.85. The van der Waals surface area contributed by atoms with Crippen molar-refractivity contribution in [3.05, 3.63) is 0 Å². The summed E-state index contributed by atoms with van der Waals surface area (Å²) in [5.41, 5.74) is 0.195. The van der Waals surface area contributed by atoms with Crippen molar-refractivity contribution in [1.82, 2.24) is 5.32 Å². The van der Waals surface area contributed by atoms with Gasteiger partial charge >= 0.3 is 0 Å². The molecule has 3 heteroatoms. The van der Waals surface area contributed by atoms with E-state index in [1.54, 1.807) is 0 Å². The minimum atomic E-state index is 0.195. The van der Waals surface area contributed by atoms with Crippen molar-refractivity contribution in [3.8, 4) is 0 Å². The molecule has 0 saturated carbocycles. The second-order valence-corrected chi connectivity index (χ2v) is 4.83. The summed E-state index contributed by atoms with van der Waals surface area (Å²) in [5.74, 6) is 0.700. The third-order valence-corrected chi connectivity index (χ3v) is 3.08. The van der Waals surface area contributed by atoms with E-state index >= 15 is 0 Å². The Hall–Kier alpha value is 0.210. The highest BCUT2D eigenvalue weighted by atomic mass is 35.5. The van der Waals surface area contributed by atoms with Gasteiger partial charge in [-0.1, -0.05) is 13.8 Å². The largest absolute Gasteiger partial charge is 0.377 e. The van der Waals surface area contributed by atoms with Crippen LogP contribution in [0.1, 0.15) is 26.7 Å². The molecule has 0 aromatic heterocycles. The van der Waals surface area contributed by atoms with E-state index < -0.39 is 0 Å². The molecule has 1 aliphatic rings. The molecule has 1 heterocycles. The molecule has 1 N–H and O–H groups in total. The Morgan fingerprint density at radius 3 is 2.85 bits per heavy atom. The van der Waals surface area contributed by atoms with E-state index in [0.717, 1.165) is 19.7 Å². The summed E-state index contributed by atoms with van der Waals surface area (Å²) in [7, 11) is 0. The molecule has 2 nitrogen and oxygen atoms in total. The first-order valence-electron chi connectivity index (χ1n) is 5.02. The Kier molecular flexibility index (Phi) is 4.50. The number of nitrogens with one attached hydrogen (secondary N) is 1. The number of hydrogen-bond acceptors (Lipinski definition) is 2. The van der Waals surface area contributed by atoms with E-state index in [0.29, 0.717) is 12.0 Å². The van der Waals surface area contributed by atoms with Gasteiger partial charge in [-0.3, -0.25) is 0 Å². The molecule has 78 valence electrons. The van der Waals surface area contributed by atoms with Crippen LogP contribution in [-0.4, -0.2) is 31.7 Å². The maximum Gasteiger partial charge on any atom is 0.0700 e. The van der Waals surface area contributed by atoms with E-state index in [-0.39, 0.29) is 5.41 Å². The van der Waals surface area contributed by atoms with Gasteiger partial charge in [-0.15, -0.1) is 11.6 Å². The normalized spacial score (nSPS) is 23.8. The van der Waals surface area contributed by atoms with E-state index in [1.165, 1.54) is 12.8 Å². The molecule has 1 rings (SSSR count). The molecule has 0 aromatic carbocycles. The van der Waals surface area contributed by atoms with Gasteiger partial charge in [-0.25, -0.2) is 0 Å². The van der Waals surface area contributed by atoms with E-state index in [1.807, 2.05) is 0 Å². The first-order chi connectivity index (χ1) is 6.14. The average Bonchev–Trinajstić information content (AvgIpc) is 2.57. The Morgan fingerprint density at radius 1 is 1.54 bits per heavy atom. The number of ether oxygens (including phenoxy) is 1. The second kappa shape index (κ2) is 5.18. The van der Waals surface area contributed by atoms with Crippen LogP contribution in [0.25, 0.3) is 0 Å². The molecule has 1 aliphatic heterocycles. The topological polar surface area (TPSA) is 21.3 Å². The average molecular weight is 206 g/mol. The lowest BCUT2D eigenvalue weighted by atomic mass is 9.96. The molecule has 1 fully saturated rings. The lowest BCUT2D eigenvalue weighted by Crippen LogP contribution is -2.35. The molecule has 0 aliphatic carbocycles. The van der Waals surface area contributed by atoms with Crippen LogP contribution in [0.5, 0.6) is 0 Å². The van der Waals surface area contributed by atoms with Crippen LogP contribution in [0, 0.1) is 5.41 Å². The molecule has 0 bridgehead atoms. The smallest absolute Gasteiger partial charge is 0.0700 e. The number of alkyl halides is 1. The van der Waals surface area contributed by atoms with Crippen molar-refractivity contribution in [2.24, 2.45) is 5.41 Å². The van der Waals surface area contributed by atoms with Crippen LogP contribution in [-0.2, 0) is 4.74 Å². The van der Waals surface area contributed by atoms with E-state index in [2.05, 4.69) is 19.2 Å². The van der Waals surface area contributed by atoms with Gasteiger partial charge in [0.1, 0.15) is 0 Å². The minimum absolute atomic E-state index is 0.195. The highest BCUT2D eigenvalue weighted by Crippen LogP contribution is 2.16. The molecule has 0 spiro atoms. The predicted molar refractivity (Wildman–Crippen MR) is 56.3 cm³/mol. The van der Waals surface area contributed by atoms with Gasteiger partial charge in [0.05, 0.1) is 6.10 Å². The summed E-state index contributed by atoms with van der Waals surface area (Å²) in [6, 6.07) is 0. The maximum atomic E-state index is 5.82. The number of halogens is 1. The van der Waals surface area contributed by atoms with Crippen molar-refractivity contribution >= 4 is 11.6 Å². The van der Waals surface area contributed by atoms with Crippen LogP contribution >= 0.6 is 11.6 Å². The van der Waals surface area contributed by atoms with Gasteiger partial charge in [0.15, 0.2) is 0 Å². The van der Waals surface area contributed by atoms with Gasteiger partial charge in [-0.2, -0.15) is 0 Å². The fourth-order valence-electron chi connectivity index (χ4n) is 1.42. The van der Waals surface area contributed by atoms with Gasteiger partial charge in [-0.05, 0) is 18.3 Å². The quantitative estimate of drug-likeness (QED) is 0.694. The molecular formula is C10H20ClNO. The minimum Gasteiger partial charge on any atom is -0.377 e. The van der Waals surface area contributed by atoms with Crippen molar-refractivity contribution in [3.63, 3.8) is 0 Å². The summed E-state index contributed by atoms with van der Waals surface area (Å²) in [4.78, 5) is 0. The monoisotopic (exact) mass is 205 g/mol. The van der Waals surface area contributed by atoms with Gasteiger partial charge in [0.25, 0.3) is 0 Å². The molecule has 13 heavy (non-hydrogen) atoms. The lowest BCUT2D eigenvalue weighted by Gasteiger charge is -2.22. The third kappa shape index (κ3) is 4.30. The Bertz CT molecular complexity index is 144. The standard InChI is InChI=1S/C10H20ClNO/c1-10(2,7-11)8-12-6-9-4-3-5-13-9/h9,12H,3-8H2,1-2H3. The van der Waals surface area contributed by atoms with E-state index in [4.69, 9.17) is 16.3 Å². The van der Waals surface area contributed by atoms with Crippen LogP contribution in [0.15, 0.2) is 0 Å². The van der Waals surface area contributed by atoms with Crippen LogP contribution in [0.4, 0.5) is 0 Å². The maximum absolute atomic E-state index is 5.82. The van der Waals surface area contributed by atoms with Crippen LogP contribution in [0.3, 0.4) is 0 Å². The predicted octanol–water partition coefficient (Wildman–Crippen LogP) is 2.02. The second-order valence-electron chi connectivity index (χ2n) is 4.56. The SMILES string of the molecule is CC(C)(CCl)CNCC1CCCO1. The molecule has 0 radical (unpaired) electrons. The molecule has 0 amide bonds.